The summed E-state index contributed by atoms with van der Waals surface area (Å²) in [6, 6.07) is 24.7. The summed E-state index contributed by atoms with van der Waals surface area (Å²) in [5.74, 6) is -0.728. The maximum Gasteiger partial charge on any atom is 0.240 e. The van der Waals surface area contributed by atoms with E-state index in [1.807, 2.05) is 42.5 Å². The van der Waals surface area contributed by atoms with Gasteiger partial charge in [-0.1, -0.05) is 47.6 Å². The highest BCUT2D eigenvalue weighted by Gasteiger charge is 2.29. The van der Waals surface area contributed by atoms with Crippen LogP contribution < -0.4 is 4.74 Å². The number of aromatic nitrogens is 2. The molecular formula is C27H20N2O5. The lowest BCUT2D eigenvalue weighted by atomic mass is 9.99. The van der Waals surface area contributed by atoms with E-state index in [2.05, 4.69) is 5.16 Å². The van der Waals surface area contributed by atoms with Gasteiger partial charge in [0.05, 0.1) is 18.4 Å². The first kappa shape index (κ1) is 21.1. The number of ketones is 1. The standard InChI is InChI=1S/C27H20N2O5/c1-33-21-13-9-19(10-14-21)25(30)23-24(18-5-3-2-4-6-18)29(27(32)26(23)31)20-11-7-17(8-12-20)22-15-16-34-28-22/h2-16,31-32H,1H3. The SMILES string of the molecule is COc1ccc(C(=O)c2c(O)c(O)n(-c3ccc(-c4ccon4)cc3)c2-c2ccccc2)cc1. The molecule has 5 aromatic rings. The molecule has 0 aliphatic rings. The zero-order chi connectivity index (χ0) is 23.7. The minimum Gasteiger partial charge on any atom is -0.503 e. The van der Waals surface area contributed by atoms with Crippen molar-refractivity contribution in [3.05, 3.63) is 102 Å². The summed E-state index contributed by atoms with van der Waals surface area (Å²) >= 11 is 0. The molecule has 0 bridgehead atoms. The molecule has 2 N–H and O–H groups in total. The van der Waals surface area contributed by atoms with Gasteiger partial charge in [0.1, 0.15) is 17.7 Å². The number of ether oxygens (including phenoxy) is 1. The average Bonchev–Trinajstić information content (AvgIpc) is 3.52. The monoisotopic (exact) mass is 452 g/mol. The molecule has 0 spiro atoms. The van der Waals surface area contributed by atoms with Crippen LogP contribution in [0.25, 0.3) is 28.2 Å². The molecule has 5 rings (SSSR count). The van der Waals surface area contributed by atoms with Gasteiger partial charge in [0.15, 0.2) is 11.5 Å². The third-order valence-electron chi connectivity index (χ3n) is 5.61. The van der Waals surface area contributed by atoms with Crippen LogP contribution in [0.1, 0.15) is 15.9 Å². The maximum absolute atomic E-state index is 13.5. The van der Waals surface area contributed by atoms with Crippen molar-refractivity contribution in [2.24, 2.45) is 0 Å². The van der Waals surface area contributed by atoms with Gasteiger partial charge < -0.3 is 19.5 Å². The third kappa shape index (κ3) is 3.59. The summed E-state index contributed by atoms with van der Waals surface area (Å²) in [5.41, 5.74) is 3.46. The first-order valence-electron chi connectivity index (χ1n) is 10.5. The Balaban J connectivity index is 1.69. The number of methoxy groups -OCH3 is 1. The lowest BCUT2D eigenvalue weighted by Crippen LogP contribution is -2.05. The zero-order valence-corrected chi connectivity index (χ0v) is 18.2. The highest BCUT2D eigenvalue weighted by molar-refractivity contribution is 6.15. The number of rotatable bonds is 6. The summed E-state index contributed by atoms with van der Waals surface area (Å²) in [7, 11) is 1.54. The predicted octanol–water partition coefficient (Wildman–Crippen LogP) is 5.45. The Labute approximate surface area is 195 Å². The van der Waals surface area contributed by atoms with Crippen LogP contribution >= 0.6 is 0 Å². The van der Waals surface area contributed by atoms with Gasteiger partial charge in [-0.2, -0.15) is 0 Å². The van der Waals surface area contributed by atoms with E-state index in [4.69, 9.17) is 9.26 Å². The van der Waals surface area contributed by atoms with E-state index >= 15 is 0 Å². The van der Waals surface area contributed by atoms with Crippen LogP contribution in [0.2, 0.25) is 0 Å². The van der Waals surface area contributed by atoms with Crippen LogP contribution in [0, 0.1) is 0 Å². The molecule has 7 nitrogen and oxygen atoms in total. The number of carbonyl (C=O) groups is 1. The molecule has 0 amide bonds. The van der Waals surface area contributed by atoms with Crippen LogP contribution in [0.4, 0.5) is 0 Å². The number of carbonyl (C=O) groups excluding carboxylic acids is 1. The van der Waals surface area contributed by atoms with Gasteiger partial charge in [0, 0.05) is 22.9 Å². The molecule has 0 radical (unpaired) electrons. The fourth-order valence-electron chi connectivity index (χ4n) is 3.91. The normalized spacial score (nSPS) is 10.9. The summed E-state index contributed by atoms with van der Waals surface area (Å²) in [6.07, 6.45) is 1.49. The fraction of sp³-hybridized carbons (Fsp3) is 0.0370. The van der Waals surface area contributed by atoms with Crippen molar-refractivity contribution in [2.45, 2.75) is 0 Å². The lowest BCUT2D eigenvalue weighted by molar-refractivity contribution is 0.103. The van der Waals surface area contributed by atoms with Crippen molar-refractivity contribution in [2.75, 3.05) is 7.11 Å². The molecule has 0 unspecified atom stereocenters. The summed E-state index contributed by atoms with van der Waals surface area (Å²) < 4.78 is 11.5. The second-order valence-electron chi connectivity index (χ2n) is 7.59. The highest BCUT2D eigenvalue weighted by Crippen LogP contribution is 2.44. The molecule has 0 saturated carbocycles. The predicted molar refractivity (Wildman–Crippen MR) is 126 cm³/mol. The Morgan fingerprint density at radius 1 is 0.882 bits per heavy atom. The van der Waals surface area contributed by atoms with E-state index in [-0.39, 0.29) is 5.56 Å². The van der Waals surface area contributed by atoms with E-state index in [0.717, 1.165) is 5.56 Å². The number of aromatic hydroxyl groups is 2. The van der Waals surface area contributed by atoms with E-state index in [1.54, 1.807) is 49.6 Å². The molecule has 0 atom stereocenters. The van der Waals surface area contributed by atoms with E-state index in [1.165, 1.54) is 10.8 Å². The Hall–Kier alpha value is -4.78. The number of hydrogen-bond donors (Lipinski definition) is 2. The van der Waals surface area contributed by atoms with Gasteiger partial charge in [-0.15, -0.1) is 0 Å². The topological polar surface area (TPSA) is 97.7 Å². The minimum atomic E-state index is -0.486. The van der Waals surface area contributed by atoms with Crippen LogP contribution in [-0.2, 0) is 0 Å². The van der Waals surface area contributed by atoms with Gasteiger partial charge in [0.2, 0.25) is 5.88 Å². The van der Waals surface area contributed by atoms with Crippen molar-refractivity contribution >= 4 is 5.78 Å². The van der Waals surface area contributed by atoms with Gasteiger partial charge >= 0.3 is 0 Å². The maximum atomic E-state index is 13.5. The second kappa shape index (κ2) is 8.63. The third-order valence-corrected chi connectivity index (χ3v) is 5.61. The Morgan fingerprint density at radius 2 is 1.59 bits per heavy atom. The van der Waals surface area contributed by atoms with Crippen molar-refractivity contribution in [1.29, 1.82) is 0 Å². The smallest absolute Gasteiger partial charge is 0.240 e. The van der Waals surface area contributed by atoms with Crippen molar-refractivity contribution in [3.63, 3.8) is 0 Å². The second-order valence-corrected chi connectivity index (χ2v) is 7.59. The Morgan fingerprint density at radius 3 is 2.21 bits per heavy atom. The van der Waals surface area contributed by atoms with Crippen molar-refractivity contribution < 1.29 is 24.3 Å². The number of benzene rings is 3. The van der Waals surface area contributed by atoms with E-state index in [0.29, 0.717) is 34.0 Å². The Bertz CT molecular complexity index is 1440. The highest BCUT2D eigenvalue weighted by atomic mass is 16.5. The van der Waals surface area contributed by atoms with Crippen LogP contribution in [0.3, 0.4) is 0 Å². The molecule has 0 fully saturated rings. The van der Waals surface area contributed by atoms with Crippen molar-refractivity contribution in [1.82, 2.24) is 9.72 Å². The van der Waals surface area contributed by atoms with E-state index in [9.17, 15) is 15.0 Å². The Kier molecular flexibility index (Phi) is 5.35. The zero-order valence-electron chi connectivity index (χ0n) is 18.2. The molecule has 168 valence electrons. The number of hydrogen-bond acceptors (Lipinski definition) is 6. The van der Waals surface area contributed by atoms with Gasteiger partial charge in [-0.25, -0.2) is 0 Å². The molecule has 0 saturated heterocycles. The average molecular weight is 452 g/mol. The first-order valence-corrected chi connectivity index (χ1v) is 10.5. The summed E-state index contributed by atoms with van der Waals surface area (Å²) in [6.45, 7) is 0. The van der Waals surface area contributed by atoms with Gasteiger partial charge in [0.25, 0.3) is 0 Å². The molecule has 3 aromatic carbocycles. The largest absolute Gasteiger partial charge is 0.503 e. The molecule has 34 heavy (non-hydrogen) atoms. The number of nitrogens with zero attached hydrogens (tertiary/aromatic N) is 2. The summed E-state index contributed by atoms with van der Waals surface area (Å²) in [4.78, 5) is 13.5. The fourth-order valence-corrected chi connectivity index (χ4v) is 3.91. The molecule has 2 heterocycles. The molecular weight excluding hydrogens is 432 g/mol. The van der Waals surface area contributed by atoms with Crippen LogP contribution in [0.15, 0.2) is 95.7 Å². The van der Waals surface area contributed by atoms with Gasteiger partial charge in [-0.3, -0.25) is 9.36 Å². The van der Waals surface area contributed by atoms with Gasteiger partial charge in [-0.05, 0) is 42.0 Å². The molecule has 0 aliphatic carbocycles. The lowest BCUT2D eigenvalue weighted by Gasteiger charge is -2.12. The summed E-state index contributed by atoms with van der Waals surface area (Å²) in [5, 5.41) is 25.8. The van der Waals surface area contributed by atoms with Crippen LogP contribution in [0.5, 0.6) is 17.4 Å². The van der Waals surface area contributed by atoms with Crippen molar-refractivity contribution in [3.8, 4) is 45.6 Å². The first-order chi connectivity index (χ1) is 16.6. The molecule has 7 heteroatoms. The molecule has 0 aliphatic heterocycles. The molecule has 2 aromatic heterocycles. The minimum absolute atomic E-state index is 0.00875. The van der Waals surface area contributed by atoms with E-state index < -0.39 is 17.4 Å². The van der Waals surface area contributed by atoms with Crippen LogP contribution in [-0.4, -0.2) is 32.8 Å². The quantitative estimate of drug-likeness (QED) is 0.333.